The van der Waals surface area contributed by atoms with Gasteiger partial charge in [0.05, 0.1) is 0 Å². The molecule has 0 aliphatic carbocycles. The summed E-state index contributed by atoms with van der Waals surface area (Å²) in [6, 6.07) is 3.55. The van der Waals surface area contributed by atoms with Gasteiger partial charge >= 0.3 is 0 Å². The van der Waals surface area contributed by atoms with E-state index >= 15 is 0 Å². The molecule has 0 bridgehead atoms. The molecule has 0 heterocycles. The number of allylic oxidation sites excluding steroid dienone is 2. The number of halogens is 2. The minimum Gasteiger partial charge on any atom is -0.207 e. The van der Waals surface area contributed by atoms with Crippen LogP contribution in [0.15, 0.2) is 30.4 Å². The van der Waals surface area contributed by atoms with Gasteiger partial charge in [0.2, 0.25) is 0 Å². The van der Waals surface area contributed by atoms with Gasteiger partial charge in [-0.2, -0.15) is 0 Å². The Morgan fingerprint density at radius 1 is 1.17 bits per heavy atom. The molecule has 0 amide bonds. The Hall–Kier alpha value is -1.18. The van der Waals surface area contributed by atoms with Crippen LogP contribution in [0.25, 0.3) is 0 Å². The summed E-state index contributed by atoms with van der Waals surface area (Å²) < 4.78 is 25.2. The Kier molecular flexibility index (Phi) is 2.97. The molecule has 1 aromatic carbocycles. The standard InChI is InChI=1S/C10H10F2/c1-2-3-4-8-5-9(11)7-10(12)6-8/h2-3,5-7H,4H2,1H3. The van der Waals surface area contributed by atoms with Crippen molar-refractivity contribution in [3.63, 3.8) is 0 Å². The van der Waals surface area contributed by atoms with Gasteiger partial charge in [-0.3, -0.25) is 0 Å². The Balaban J connectivity index is 2.85. The zero-order chi connectivity index (χ0) is 8.97. The summed E-state index contributed by atoms with van der Waals surface area (Å²) in [5.41, 5.74) is 0.658. The predicted octanol–water partition coefficient (Wildman–Crippen LogP) is 3.08. The first-order valence-electron chi connectivity index (χ1n) is 3.78. The molecule has 1 aromatic rings. The third-order valence-electron chi connectivity index (χ3n) is 1.51. The van der Waals surface area contributed by atoms with Crippen molar-refractivity contribution in [2.75, 3.05) is 0 Å². The van der Waals surface area contributed by atoms with Gasteiger partial charge in [-0.15, -0.1) is 0 Å². The molecule has 0 saturated heterocycles. The van der Waals surface area contributed by atoms with Crippen molar-refractivity contribution < 1.29 is 8.78 Å². The maximum atomic E-state index is 12.6. The molecular formula is C10H10F2. The van der Waals surface area contributed by atoms with E-state index in [1.54, 1.807) is 0 Å². The third kappa shape index (κ3) is 2.46. The van der Waals surface area contributed by atoms with Crippen LogP contribution in [-0.2, 0) is 6.42 Å². The molecule has 0 aromatic heterocycles. The fourth-order valence-electron chi connectivity index (χ4n) is 0.983. The van der Waals surface area contributed by atoms with Crippen molar-refractivity contribution in [2.45, 2.75) is 13.3 Å². The van der Waals surface area contributed by atoms with Crippen molar-refractivity contribution in [1.29, 1.82) is 0 Å². The average molecular weight is 168 g/mol. The second kappa shape index (κ2) is 4.00. The zero-order valence-corrected chi connectivity index (χ0v) is 6.85. The third-order valence-corrected chi connectivity index (χ3v) is 1.51. The number of hydrogen-bond acceptors (Lipinski definition) is 0. The molecule has 0 aliphatic heterocycles. The van der Waals surface area contributed by atoms with Crippen molar-refractivity contribution in [2.24, 2.45) is 0 Å². The van der Waals surface area contributed by atoms with Crippen molar-refractivity contribution >= 4 is 0 Å². The van der Waals surface area contributed by atoms with Crippen LogP contribution in [0.2, 0.25) is 0 Å². The van der Waals surface area contributed by atoms with Crippen LogP contribution in [0, 0.1) is 11.6 Å². The van der Waals surface area contributed by atoms with Crippen LogP contribution < -0.4 is 0 Å². The van der Waals surface area contributed by atoms with Crippen LogP contribution >= 0.6 is 0 Å². The summed E-state index contributed by atoms with van der Waals surface area (Å²) in [6.45, 7) is 1.87. The molecule has 0 fully saturated rings. The normalized spacial score (nSPS) is 10.9. The monoisotopic (exact) mass is 168 g/mol. The maximum Gasteiger partial charge on any atom is 0.126 e. The van der Waals surface area contributed by atoms with Gasteiger partial charge in [0.1, 0.15) is 11.6 Å². The Morgan fingerprint density at radius 2 is 1.75 bits per heavy atom. The fraction of sp³-hybridized carbons (Fsp3) is 0.200. The topological polar surface area (TPSA) is 0 Å². The molecule has 0 N–H and O–H groups in total. The first-order valence-corrected chi connectivity index (χ1v) is 3.78. The highest BCUT2D eigenvalue weighted by Gasteiger charge is 1.97. The van der Waals surface area contributed by atoms with Gasteiger partial charge in [-0.05, 0) is 31.0 Å². The lowest BCUT2D eigenvalue weighted by Crippen LogP contribution is -1.86. The first-order chi connectivity index (χ1) is 5.72. The second-order valence-corrected chi connectivity index (χ2v) is 2.55. The fourth-order valence-corrected chi connectivity index (χ4v) is 0.983. The van der Waals surface area contributed by atoms with Gasteiger partial charge in [0.25, 0.3) is 0 Å². The largest absolute Gasteiger partial charge is 0.207 e. The van der Waals surface area contributed by atoms with Crippen molar-refractivity contribution in [1.82, 2.24) is 0 Å². The highest BCUT2D eigenvalue weighted by molar-refractivity contribution is 5.20. The second-order valence-electron chi connectivity index (χ2n) is 2.55. The Labute approximate surface area is 70.5 Å². The van der Waals surface area contributed by atoms with E-state index in [1.165, 1.54) is 12.1 Å². The van der Waals surface area contributed by atoms with E-state index < -0.39 is 11.6 Å². The molecule has 0 saturated carbocycles. The molecule has 0 radical (unpaired) electrons. The summed E-state index contributed by atoms with van der Waals surface area (Å²) in [5.74, 6) is -1.04. The molecule has 0 nitrogen and oxygen atoms in total. The quantitative estimate of drug-likeness (QED) is 0.595. The van der Waals surface area contributed by atoms with Crippen LogP contribution in [0.1, 0.15) is 12.5 Å². The van der Waals surface area contributed by atoms with Gasteiger partial charge in [0.15, 0.2) is 0 Å². The maximum absolute atomic E-state index is 12.6. The summed E-state index contributed by atoms with van der Waals surface area (Å²) in [6.07, 6.45) is 4.28. The summed E-state index contributed by atoms with van der Waals surface area (Å²) in [7, 11) is 0. The van der Waals surface area contributed by atoms with Crippen LogP contribution in [-0.4, -0.2) is 0 Å². The minimum absolute atomic E-state index is 0.519. The molecule has 12 heavy (non-hydrogen) atoms. The van der Waals surface area contributed by atoms with Gasteiger partial charge in [-0.25, -0.2) is 8.78 Å². The van der Waals surface area contributed by atoms with E-state index in [0.717, 1.165) is 6.07 Å². The lowest BCUT2D eigenvalue weighted by atomic mass is 10.1. The van der Waals surface area contributed by atoms with E-state index in [0.29, 0.717) is 12.0 Å². The molecule has 0 unspecified atom stereocenters. The smallest absolute Gasteiger partial charge is 0.126 e. The van der Waals surface area contributed by atoms with E-state index in [9.17, 15) is 8.78 Å². The highest BCUT2D eigenvalue weighted by atomic mass is 19.1. The number of hydrogen-bond donors (Lipinski definition) is 0. The Bertz CT molecular complexity index is 270. The average Bonchev–Trinajstić information content (AvgIpc) is 1.99. The van der Waals surface area contributed by atoms with Gasteiger partial charge < -0.3 is 0 Å². The molecule has 0 aliphatic rings. The highest BCUT2D eigenvalue weighted by Crippen LogP contribution is 2.08. The zero-order valence-electron chi connectivity index (χ0n) is 6.85. The van der Waals surface area contributed by atoms with Gasteiger partial charge in [-0.1, -0.05) is 12.2 Å². The van der Waals surface area contributed by atoms with E-state index in [2.05, 4.69) is 0 Å². The summed E-state index contributed by atoms with van der Waals surface area (Å²) in [5, 5.41) is 0. The lowest BCUT2D eigenvalue weighted by Gasteiger charge is -1.96. The lowest BCUT2D eigenvalue weighted by molar-refractivity contribution is 0.580. The van der Waals surface area contributed by atoms with Crippen LogP contribution in [0.4, 0.5) is 8.78 Å². The summed E-state index contributed by atoms with van der Waals surface area (Å²) in [4.78, 5) is 0. The summed E-state index contributed by atoms with van der Waals surface area (Å²) >= 11 is 0. The van der Waals surface area contributed by atoms with Crippen LogP contribution in [0.5, 0.6) is 0 Å². The van der Waals surface area contributed by atoms with Crippen molar-refractivity contribution in [3.05, 3.63) is 47.5 Å². The Morgan fingerprint density at radius 3 is 2.25 bits per heavy atom. The van der Waals surface area contributed by atoms with E-state index in [-0.39, 0.29) is 0 Å². The minimum atomic E-state index is -0.519. The molecule has 0 atom stereocenters. The van der Waals surface area contributed by atoms with E-state index in [1.807, 2.05) is 19.1 Å². The molecule has 0 spiro atoms. The molecule has 1 rings (SSSR count). The molecular weight excluding hydrogens is 158 g/mol. The van der Waals surface area contributed by atoms with E-state index in [4.69, 9.17) is 0 Å². The van der Waals surface area contributed by atoms with Crippen molar-refractivity contribution in [3.8, 4) is 0 Å². The number of benzene rings is 1. The first kappa shape index (κ1) is 8.91. The van der Waals surface area contributed by atoms with Crippen LogP contribution in [0.3, 0.4) is 0 Å². The SMILES string of the molecule is CC=CCc1cc(F)cc(F)c1. The predicted molar refractivity (Wildman–Crippen MR) is 44.9 cm³/mol. The molecule has 64 valence electrons. The molecule has 2 heteroatoms. The number of rotatable bonds is 2. The van der Waals surface area contributed by atoms with Gasteiger partial charge in [0, 0.05) is 6.07 Å².